The van der Waals surface area contributed by atoms with Crippen molar-refractivity contribution < 1.29 is 0 Å². The summed E-state index contributed by atoms with van der Waals surface area (Å²) < 4.78 is 0. The van der Waals surface area contributed by atoms with Crippen LogP contribution in [0.25, 0.3) is 0 Å². The first-order chi connectivity index (χ1) is 8.72. The van der Waals surface area contributed by atoms with Crippen LogP contribution >= 0.6 is 24.0 Å². The molecule has 1 fully saturated rings. The van der Waals surface area contributed by atoms with Crippen LogP contribution in [-0.4, -0.2) is 27.0 Å². The highest BCUT2D eigenvalue weighted by Gasteiger charge is 2.27. The van der Waals surface area contributed by atoms with E-state index in [0.29, 0.717) is 16.3 Å². The molecular formula is C13H19N3S2. The summed E-state index contributed by atoms with van der Waals surface area (Å²) >= 11 is 7.11. The predicted molar refractivity (Wildman–Crippen MR) is 83.3 cm³/mol. The maximum atomic E-state index is 5.74. The number of thioether (sulfide) groups is 1. The lowest BCUT2D eigenvalue weighted by Gasteiger charge is -2.22. The molecule has 0 amide bonds. The fourth-order valence-electron chi connectivity index (χ4n) is 2.43. The van der Waals surface area contributed by atoms with Gasteiger partial charge in [0.1, 0.15) is 4.99 Å². The highest BCUT2D eigenvalue weighted by molar-refractivity contribution is 7.99. The molecule has 0 spiro atoms. The topological polar surface area (TPSA) is 50.9 Å². The summed E-state index contributed by atoms with van der Waals surface area (Å²) in [5, 5.41) is 4.26. The van der Waals surface area contributed by atoms with E-state index in [1.807, 2.05) is 24.0 Å². The van der Waals surface area contributed by atoms with Crippen molar-refractivity contribution in [3.8, 4) is 0 Å². The smallest absolute Gasteiger partial charge is 0.106 e. The van der Waals surface area contributed by atoms with Gasteiger partial charge in [0, 0.05) is 23.1 Å². The summed E-state index contributed by atoms with van der Waals surface area (Å²) in [6, 6.07) is 2.38. The normalized spacial score (nSPS) is 22.9. The first kappa shape index (κ1) is 13.6. The maximum Gasteiger partial charge on any atom is 0.106 e. The Balaban J connectivity index is 2.11. The van der Waals surface area contributed by atoms with Crippen LogP contribution in [0.3, 0.4) is 0 Å². The van der Waals surface area contributed by atoms with Crippen LogP contribution in [0.1, 0.15) is 31.7 Å². The van der Waals surface area contributed by atoms with E-state index in [0.717, 1.165) is 17.0 Å². The summed E-state index contributed by atoms with van der Waals surface area (Å²) in [5.74, 6) is 1.16. The standard InChI is InChI=1S/C13H19N3S2/c1-2-18-12-5-3-4-10(12)16-11-8-15-7-6-9(11)13(14)17/h6-8,10,12,16H,2-5H2,1H3,(H2,14,17). The van der Waals surface area contributed by atoms with Crippen LogP contribution < -0.4 is 11.1 Å². The Hall–Kier alpha value is -0.810. The molecule has 1 aliphatic rings. The van der Waals surface area contributed by atoms with E-state index in [9.17, 15) is 0 Å². The van der Waals surface area contributed by atoms with E-state index in [-0.39, 0.29) is 0 Å². The Labute approximate surface area is 118 Å². The lowest BCUT2D eigenvalue weighted by molar-refractivity contribution is 0.767. The van der Waals surface area contributed by atoms with Crippen molar-refractivity contribution in [2.45, 2.75) is 37.5 Å². The molecule has 1 aliphatic carbocycles. The van der Waals surface area contributed by atoms with E-state index in [1.54, 1.807) is 6.20 Å². The molecule has 1 aromatic heterocycles. The second-order valence-corrected chi connectivity index (χ2v) is 6.42. The van der Waals surface area contributed by atoms with Crippen LogP contribution in [0.5, 0.6) is 0 Å². The van der Waals surface area contributed by atoms with Crippen molar-refractivity contribution in [1.29, 1.82) is 0 Å². The van der Waals surface area contributed by atoms with E-state index in [2.05, 4.69) is 17.2 Å². The number of aromatic nitrogens is 1. The lowest BCUT2D eigenvalue weighted by Crippen LogP contribution is -2.27. The number of hydrogen-bond acceptors (Lipinski definition) is 4. The summed E-state index contributed by atoms with van der Waals surface area (Å²) in [7, 11) is 0. The molecule has 5 heteroatoms. The van der Waals surface area contributed by atoms with Crippen LogP contribution in [0.15, 0.2) is 18.5 Å². The highest BCUT2D eigenvalue weighted by Crippen LogP contribution is 2.32. The maximum absolute atomic E-state index is 5.74. The van der Waals surface area contributed by atoms with Gasteiger partial charge >= 0.3 is 0 Å². The number of pyridine rings is 1. The van der Waals surface area contributed by atoms with Gasteiger partial charge in [-0.2, -0.15) is 11.8 Å². The van der Waals surface area contributed by atoms with Gasteiger partial charge in [-0.3, -0.25) is 4.98 Å². The average Bonchev–Trinajstić information content (AvgIpc) is 2.78. The zero-order valence-electron chi connectivity index (χ0n) is 10.6. The molecule has 2 unspecified atom stereocenters. The summed E-state index contributed by atoms with van der Waals surface area (Å²) in [6.45, 7) is 2.21. The molecule has 1 heterocycles. The molecule has 0 radical (unpaired) electrons. The summed E-state index contributed by atoms with van der Waals surface area (Å²) in [5.41, 5.74) is 7.61. The van der Waals surface area contributed by atoms with Crippen molar-refractivity contribution >= 4 is 34.7 Å². The van der Waals surface area contributed by atoms with E-state index >= 15 is 0 Å². The molecule has 98 valence electrons. The fraction of sp³-hybridized carbons (Fsp3) is 0.538. The molecule has 1 saturated carbocycles. The first-order valence-electron chi connectivity index (χ1n) is 6.34. The SMILES string of the molecule is CCSC1CCCC1Nc1cnccc1C(N)=S. The van der Waals surface area contributed by atoms with Gasteiger partial charge in [-0.1, -0.05) is 25.6 Å². The molecular weight excluding hydrogens is 262 g/mol. The average molecular weight is 281 g/mol. The third kappa shape index (κ3) is 3.14. The number of nitrogens with zero attached hydrogens (tertiary/aromatic N) is 1. The molecule has 0 saturated heterocycles. The van der Waals surface area contributed by atoms with Gasteiger partial charge in [0.05, 0.1) is 11.9 Å². The Morgan fingerprint density at radius 2 is 2.44 bits per heavy atom. The number of nitrogens with two attached hydrogens (primary N) is 1. The van der Waals surface area contributed by atoms with Crippen molar-refractivity contribution in [2.24, 2.45) is 5.73 Å². The number of thiocarbonyl (C=S) groups is 1. The Morgan fingerprint density at radius 3 is 3.17 bits per heavy atom. The van der Waals surface area contributed by atoms with Crippen molar-refractivity contribution in [1.82, 2.24) is 4.98 Å². The van der Waals surface area contributed by atoms with Crippen molar-refractivity contribution in [2.75, 3.05) is 11.1 Å². The summed E-state index contributed by atoms with van der Waals surface area (Å²) in [6.07, 6.45) is 7.34. The quantitative estimate of drug-likeness (QED) is 0.813. The molecule has 0 aromatic carbocycles. The molecule has 2 atom stereocenters. The molecule has 3 N–H and O–H groups in total. The third-order valence-corrected chi connectivity index (χ3v) is 4.81. The fourth-order valence-corrected chi connectivity index (χ4v) is 3.80. The van der Waals surface area contributed by atoms with Crippen LogP contribution in [-0.2, 0) is 0 Å². The number of hydrogen-bond donors (Lipinski definition) is 2. The third-order valence-electron chi connectivity index (χ3n) is 3.26. The Kier molecular flexibility index (Phi) is 4.83. The monoisotopic (exact) mass is 281 g/mol. The number of rotatable bonds is 5. The van der Waals surface area contributed by atoms with Gasteiger partial charge in [0.2, 0.25) is 0 Å². The Bertz CT molecular complexity index is 422. The molecule has 3 nitrogen and oxygen atoms in total. The second kappa shape index (κ2) is 6.38. The van der Waals surface area contributed by atoms with Crippen LogP contribution in [0, 0.1) is 0 Å². The molecule has 18 heavy (non-hydrogen) atoms. The first-order valence-corrected chi connectivity index (χ1v) is 7.80. The molecule has 0 bridgehead atoms. The second-order valence-electron chi connectivity index (χ2n) is 4.46. The predicted octanol–water partition coefficient (Wildman–Crippen LogP) is 2.80. The van der Waals surface area contributed by atoms with Crippen molar-refractivity contribution in [3.05, 3.63) is 24.0 Å². The van der Waals surface area contributed by atoms with Gasteiger partial charge in [-0.05, 0) is 24.7 Å². The number of nitrogens with one attached hydrogen (secondary N) is 1. The molecule has 1 aromatic rings. The van der Waals surface area contributed by atoms with Gasteiger partial charge < -0.3 is 11.1 Å². The zero-order chi connectivity index (χ0) is 13.0. The van der Waals surface area contributed by atoms with E-state index < -0.39 is 0 Å². The van der Waals surface area contributed by atoms with Crippen LogP contribution in [0.4, 0.5) is 5.69 Å². The number of anilines is 1. The van der Waals surface area contributed by atoms with Gasteiger partial charge in [0.25, 0.3) is 0 Å². The summed E-state index contributed by atoms with van der Waals surface area (Å²) in [4.78, 5) is 4.58. The van der Waals surface area contributed by atoms with Gasteiger partial charge in [-0.25, -0.2) is 0 Å². The largest absolute Gasteiger partial charge is 0.389 e. The molecule has 0 aliphatic heterocycles. The minimum Gasteiger partial charge on any atom is -0.389 e. The minimum absolute atomic E-state index is 0.428. The highest BCUT2D eigenvalue weighted by atomic mass is 32.2. The molecule has 2 rings (SSSR count). The minimum atomic E-state index is 0.428. The Morgan fingerprint density at radius 1 is 1.61 bits per heavy atom. The van der Waals surface area contributed by atoms with Crippen molar-refractivity contribution in [3.63, 3.8) is 0 Å². The van der Waals surface area contributed by atoms with Crippen LogP contribution in [0.2, 0.25) is 0 Å². The van der Waals surface area contributed by atoms with E-state index in [1.165, 1.54) is 19.3 Å². The van der Waals surface area contributed by atoms with Gasteiger partial charge in [-0.15, -0.1) is 0 Å². The van der Waals surface area contributed by atoms with E-state index in [4.69, 9.17) is 18.0 Å². The lowest BCUT2D eigenvalue weighted by atomic mass is 10.2. The zero-order valence-corrected chi connectivity index (χ0v) is 12.2. The van der Waals surface area contributed by atoms with Gasteiger partial charge in [0.15, 0.2) is 0 Å².